The van der Waals surface area contributed by atoms with Gasteiger partial charge < -0.3 is 0 Å². The lowest BCUT2D eigenvalue weighted by Gasteiger charge is -2.56. The largest absolute Gasteiger partial charge is 0.295 e. The monoisotopic (exact) mass is 410 g/mol. The summed E-state index contributed by atoms with van der Waals surface area (Å²) in [4.78, 5) is 13.4. The maximum atomic E-state index is 13.4. The second-order valence-corrected chi connectivity index (χ2v) is 12.3. The highest BCUT2D eigenvalue weighted by molar-refractivity contribution is 5.95. The van der Waals surface area contributed by atoms with Crippen LogP contribution in [0.3, 0.4) is 0 Å². The zero-order valence-electron chi connectivity index (χ0n) is 20.5. The van der Waals surface area contributed by atoms with Crippen molar-refractivity contribution in [3.8, 4) is 0 Å². The van der Waals surface area contributed by atoms with Crippen molar-refractivity contribution in [1.82, 2.24) is 0 Å². The molecule has 0 bridgehead atoms. The van der Waals surface area contributed by atoms with Crippen LogP contribution in [0.4, 0.5) is 0 Å². The molecule has 2 fully saturated rings. The van der Waals surface area contributed by atoms with Crippen LogP contribution in [0.1, 0.15) is 99.3 Å². The Kier molecular flexibility index (Phi) is 6.15. The van der Waals surface area contributed by atoms with Gasteiger partial charge in [0.2, 0.25) is 0 Å². The molecule has 4 rings (SSSR count). The minimum Gasteiger partial charge on any atom is -0.295 e. The summed E-state index contributed by atoms with van der Waals surface area (Å²) in [6, 6.07) is 0. The molecule has 0 aromatic heterocycles. The normalized spacial score (nSPS) is 42.4. The Labute approximate surface area is 186 Å². The van der Waals surface area contributed by atoms with Gasteiger partial charge in [-0.1, -0.05) is 66.5 Å². The number of carbonyl (C=O) groups excluding carboxylic acids is 1. The van der Waals surface area contributed by atoms with Gasteiger partial charge in [-0.05, 0) is 103 Å². The Morgan fingerprint density at radius 1 is 1.03 bits per heavy atom. The third-order valence-corrected chi connectivity index (χ3v) is 10.7. The molecule has 0 aromatic carbocycles. The standard InChI is InChI=1S/C29H46O/c1-7-21(19(2)3)12-11-20(4)23-13-14-24-27-25(15-17-29(23,24)6)28(5)16-9-8-10-22(28)18-26(27)30/h8,10,18-21,23-25,27H,7,9,11-17H2,1-6H3/t20-,21-,23-,24+,25+,27+,28+,29-/m1/s1. The van der Waals surface area contributed by atoms with Gasteiger partial charge in [0, 0.05) is 5.92 Å². The molecule has 0 unspecified atom stereocenters. The molecule has 0 radical (unpaired) electrons. The average Bonchev–Trinajstić information content (AvgIpc) is 3.05. The van der Waals surface area contributed by atoms with Crippen molar-refractivity contribution in [3.05, 3.63) is 23.8 Å². The van der Waals surface area contributed by atoms with E-state index >= 15 is 0 Å². The third kappa shape index (κ3) is 3.47. The van der Waals surface area contributed by atoms with E-state index in [4.69, 9.17) is 0 Å². The Balaban J connectivity index is 1.53. The molecule has 8 atom stereocenters. The first-order chi connectivity index (χ1) is 14.2. The van der Waals surface area contributed by atoms with Gasteiger partial charge >= 0.3 is 0 Å². The number of allylic oxidation sites excluding steroid dienone is 4. The smallest absolute Gasteiger partial charge is 0.159 e. The van der Waals surface area contributed by atoms with E-state index in [0.717, 1.165) is 23.7 Å². The minimum absolute atomic E-state index is 0.240. The topological polar surface area (TPSA) is 17.1 Å². The molecule has 0 N–H and O–H groups in total. The summed E-state index contributed by atoms with van der Waals surface area (Å²) in [7, 11) is 0. The fourth-order valence-electron chi connectivity index (χ4n) is 8.70. The number of hydrogen-bond acceptors (Lipinski definition) is 1. The van der Waals surface area contributed by atoms with Crippen LogP contribution < -0.4 is 0 Å². The molecule has 0 amide bonds. The fraction of sp³-hybridized carbons (Fsp3) is 0.828. The van der Waals surface area contributed by atoms with Crippen LogP contribution in [-0.4, -0.2) is 5.78 Å². The molecular weight excluding hydrogens is 364 g/mol. The zero-order chi connectivity index (χ0) is 21.7. The van der Waals surface area contributed by atoms with E-state index in [1.165, 1.54) is 63.4 Å². The molecule has 0 aromatic rings. The summed E-state index contributed by atoms with van der Waals surface area (Å²) in [5, 5.41) is 0. The molecule has 1 heteroatoms. The van der Waals surface area contributed by atoms with Crippen LogP contribution in [0, 0.1) is 52.3 Å². The second kappa shape index (κ2) is 8.25. The highest BCUT2D eigenvalue weighted by atomic mass is 16.1. The summed E-state index contributed by atoms with van der Waals surface area (Å²) in [5.41, 5.74) is 1.96. The van der Waals surface area contributed by atoms with Gasteiger partial charge in [0.25, 0.3) is 0 Å². The highest BCUT2D eigenvalue weighted by Crippen LogP contribution is 2.66. The maximum absolute atomic E-state index is 13.4. The lowest BCUT2D eigenvalue weighted by molar-refractivity contribution is -0.133. The Morgan fingerprint density at radius 2 is 1.80 bits per heavy atom. The van der Waals surface area contributed by atoms with Gasteiger partial charge in [0.15, 0.2) is 5.78 Å². The van der Waals surface area contributed by atoms with Gasteiger partial charge in [-0.15, -0.1) is 0 Å². The Bertz CT molecular complexity index is 714. The number of hydrogen-bond donors (Lipinski definition) is 0. The van der Waals surface area contributed by atoms with Crippen molar-refractivity contribution < 1.29 is 4.79 Å². The van der Waals surface area contributed by atoms with E-state index in [-0.39, 0.29) is 5.41 Å². The van der Waals surface area contributed by atoms with Crippen LogP contribution in [0.2, 0.25) is 0 Å². The van der Waals surface area contributed by atoms with Crippen LogP contribution >= 0.6 is 0 Å². The second-order valence-electron chi connectivity index (χ2n) is 12.3. The number of fused-ring (bicyclic) bond motifs is 5. The highest BCUT2D eigenvalue weighted by Gasteiger charge is 2.60. The lowest BCUT2D eigenvalue weighted by Crippen LogP contribution is -2.52. The number of ketones is 1. The van der Waals surface area contributed by atoms with Crippen molar-refractivity contribution in [2.45, 2.75) is 99.3 Å². The molecule has 0 heterocycles. The minimum atomic E-state index is 0.240. The maximum Gasteiger partial charge on any atom is 0.159 e. The van der Waals surface area contributed by atoms with Crippen molar-refractivity contribution in [3.63, 3.8) is 0 Å². The van der Waals surface area contributed by atoms with E-state index in [9.17, 15) is 4.79 Å². The summed E-state index contributed by atoms with van der Waals surface area (Å²) in [6.45, 7) is 14.7. The number of rotatable bonds is 6. The van der Waals surface area contributed by atoms with E-state index in [0.29, 0.717) is 29.0 Å². The molecule has 1 nitrogen and oxygen atoms in total. The molecule has 0 saturated heterocycles. The molecule has 4 aliphatic rings. The molecule has 2 saturated carbocycles. The molecule has 0 aliphatic heterocycles. The first-order valence-corrected chi connectivity index (χ1v) is 13.1. The first-order valence-electron chi connectivity index (χ1n) is 13.1. The predicted octanol–water partition coefficient (Wildman–Crippen LogP) is 8.01. The van der Waals surface area contributed by atoms with E-state index in [1.54, 1.807) is 0 Å². The summed E-state index contributed by atoms with van der Waals surface area (Å²) < 4.78 is 0. The predicted molar refractivity (Wildman–Crippen MR) is 127 cm³/mol. The van der Waals surface area contributed by atoms with Gasteiger partial charge in [-0.3, -0.25) is 4.79 Å². The molecule has 4 aliphatic carbocycles. The molecular formula is C29H46O. The van der Waals surface area contributed by atoms with Crippen LogP contribution in [0.25, 0.3) is 0 Å². The number of carbonyl (C=O) groups is 1. The lowest BCUT2D eigenvalue weighted by atomic mass is 9.47. The van der Waals surface area contributed by atoms with Gasteiger partial charge in [-0.2, -0.15) is 0 Å². The molecule has 0 spiro atoms. The van der Waals surface area contributed by atoms with E-state index < -0.39 is 0 Å². The van der Waals surface area contributed by atoms with Crippen molar-refractivity contribution >= 4 is 5.78 Å². The van der Waals surface area contributed by atoms with E-state index in [1.807, 2.05) is 0 Å². The van der Waals surface area contributed by atoms with Crippen LogP contribution in [0.5, 0.6) is 0 Å². The molecule has 168 valence electrons. The van der Waals surface area contributed by atoms with Crippen LogP contribution in [0.15, 0.2) is 23.8 Å². The Morgan fingerprint density at radius 3 is 2.50 bits per heavy atom. The van der Waals surface area contributed by atoms with Gasteiger partial charge in [0.05, 0.1) is 0 Å². The summed E-state index contributed by atoms with van der Waals surface area (Å²) in [5.74, 6) is 5.23. The Hall–Kier alpha value is -0.850. The summed E-state index contributed by atoms with van der Waals surface area (Å²) in [6.07, 6.45) is 18.3. The van der Waals surface area contributed by atoms with Gasteiger partial charge in [-0.25, -0.2) is 0 Å². The van der Waals surface area contributed by atoms with Gasteiger partial charge in [0.1, 0.15) is 0 Å². The fourth-order valence-corrected chi connectivity index (χ4v) is 8.70. The third-order valence-electron chi connectivity index (χ3n) is 10.7. The van der Waals surface area contributed by atoms with Crippen molar-refractivity contribution in [2.24, 2.45) is 52.3 Å². The zero-order valence-corrected chi connectivity index (χ0v) is 20.5. The van der Waals surface area contributed by atoms with Crippen LogP contribution in [-0.2, 0) is 4.79 Å². The van der Waals surface area contributed by atoms with Crippen molar-refractivity contribution in [1.29, 1.82) is 0 Å². The SMILES string of the molecule is CC[C@H](CC[C@@H](C)[C@H]1CC[C@H]2[C@@H]3C(=O)C=C4C=CCC[C@]4(C)[C@H]3CC[C@]12C)C(C)C. The molecule has 30 heavy (non-hydrogen) atoms. The average molecular weight is 411 g/mol. The van der Waals surface area contributed by atoms with E-state index in [2.05, 4.69) is 59.8 Å². The quantitative estimate of drug-likeness (QED) is 0.433. The summed E-state index contributed by atoms with van der Waals surface area (Å²) >= 11 is 0. The van der Waals surface area contributed by atoms with Crippen molar-refractivity contribution in [2.75, 3.05) is 0 Å². The first kappa shape index (κ1) is 22.3.